The summed E-state index contributed by atoms with van der Waals surface area (Å²) >= 11 is 0. The average Bonchev–Trinajstić information content (AvgIpc) is 2.36. The Labute approximate surface area is 106 Å². The summed E-state index contributed by atoms with van der Waals surface area (Å²) in [5, 5.41) is 17.8. The number of hydrogen-bond donors (Lipinski definition) is 2. The first kappa shape index (κ1) is 13.3. The Kier molecular flexibility index (Phi) is 3.37. The quantitative estimate of drug-likeness (QED) is 0.874. The topological polar surface area (TPSA) is 83.8 Å². The van der Waals surface area contributed by atoms with E-state index in [1.165, 1.54) is 18.2 Å². The van der Waals surface area contributed by atoms with Crippen molar-refractivity contribution in [3.8, 4) is 5.75 Å². The van der Waals surface area contributed by atoms with Crippen LogP contribution in [0.1, 0.15) is 15.9 Å². The molecule has 0 radical (unpaired) electrons. The Morgan fingerprint density at radius 1 is 1.32 bits per heavy atom. The lowest BCUT2D eigenvalue weighted by atomic mass is 9.90. The number of rotatable bonds is 3. The summed E-state index contributed by atoms with van der Waals surface area (Å²) in [5.41, 5.74) is 0.270. The Bertz CT molecular complexity index is 529. The van der Waals surface area contributed by atoms with E-state index in [0.29, 0.717) is 5.56 Å². The number of ether oxygens (including phenoxy) is 1. The van der Waals surface area contributed by atoms with E-state index in [1.807, 2.05) is 0 Å². The molecule has 0 aliphatic carbocycles. The van der Waals surface area contributed by atoms with Crippen LogP contribution in [0.15, 0.2) is 18.2 Å². The summed E-state index contributed by atoms with van der Waals surface area (Å²) in [6.45, 7) is 0. The van der Waals surface area contributed by atoms with Crippen molar-refractivity contribution in [3.05, 3.63) is 29.3 Å². The van der Waals surface area contributed by atoms with Crippen LogP contribution in [0.2, 0.25) is 0 Å². The lowest BCUT2D eigenvalue weighted by Gasteiger charge is -2.30. The summed E-state index contributed by atoms with van der Waals surface area (Å²) < 4.78 is 30.5. The van der Waals surface area contributed by atoms with Gasteiger partial charge >= 0.3 is 11.9 Å². The molecule has 2 rings (SSSR count). The zero-order valence-corrected chi connectivity index (χ0v) is 9.55. The lowest BCUT2D eigenvalue weighted by molar-refractivity contribution is -0.150. The maximum Gasteiger partial charge on any atom is 0.335 e. The third-order valence-electron chi connectivity index (χ3n) is 2.97. The van der Waals surface area contributed by atoms with Crippen molar-refractivity contribution in [2.24, 2.45) is 5.92 Å². The van der Waals surface area contributed by atoms with Gasteiger partial charge in [-0.05, 0) is 30.2 Å². The first-order valence-corrected chi connectivity index (χ1v) is 5.44. The molecule has 0 spiro atoms. The highest BCUT2D eigenvalue weighted by Gasteiger charge is 2.41. The molecule has 0 fully saturated rings. The third-order valence-corrected chi connectivity index (χ3v) is 2.97. The highest BCUT2D eigenvalue weighted by atomic mass is 19.3. The molecule has 5 nitrogen and oxygen atoms in total. The van der Waals surface area contributed by atoms with Crippen molar-refractivity contribution >= 4 is 11.9 Å². The van der Waals surface area contributed by atoms with E-state index in [9.17, 15) is 18.4 Å². The lowest BCUT2D eigenvalue weighted by Crippen LogP contribution is -2.42. The molecule has 2 unspecified atom stereocenters. The average molecular weight is 272 g/mol. The summed E-state index contributed by atoms with van der Waals surface area (Å²) in [6.07, 6.45) is -4.82. The molecule has 0 aromatic heterocycles. The van der Waals surface area contributed by atoms with Crippen molar-refractivity contribution in [1.29, 1.82) is 0 Å². The second-order valence-corrected chi connectivity index (χ2v) is 4.19. The van der Waals surface area contributed by atoms with E-state index in [-0.39, 0.29) is 17.7 Å². The van der Waals surface area contributed by atoms with E-state index in [1.54, 1.807) is 0 Å². The molecule has 1 aliphatic heterocycles. The van der Waals surface area contributed by atoms with Crippen LogP contribution in [0, 0.1) is 5.92 Å². The molecule has 0 bridgehead atoms. The fraction of sp³-hybridized carbons (Fsp3) is 0.333. The fourth-order valence-electron chi connectivity index (χ4n) is 2.02. The zero-order chi connectivity index (χ0) is 14.2. The Balaban J connectivity index is 2.38. The number of alkyl halides is 2. The monoisotopic (exact) mass is 272 g/mol. The highest BCUT2D eigenvalue weighted by Crippen LogP contribution is 2.34. The smallest absolute Gasteiger partial charge is 0.335 e. The van der Waals surface area contributed by atoms with Crippen molar-refractivity contribution in [1.82, 2.24) is 0 Å². The summed E-state index contributed by atoms with van der Waals surface area (Å²) in [5.74, 6) is -3.85. The molecule has 102 valence electrons. The first-order chi connectivity index (χ1) is 8.90. The molecule has 1 heterocycles. The number of carboxylic acids is 2. The van der Waals surface area contributed by atoms with Crippen molar-refractivity contribution in [2.45, 2.75) is 19.0 Å². The zero-order valence-electron chi connectivity index (χ0n) is 9.55. The van der Waals surface area contributed by atoms with Crippen LogP contribution < -0.4 is 4.74 Å². The predicted molar refractivity (Wildman–Crippen MR) is 58.7 cm³/mol. The van der Waals surface area contributed by atoms with Gasteiger partial charge in [0.25, 0.3) is 6.43 Å². The third kappa shape index (κ3) is 2.49. The summed E-state index contributed by atoms with van der Waals surface area (Å²) in [4.78, 5) is 21.8. The maximum absolute atomic E-state index is 12.7. The molecule has 1 aromatic rings. The molecule has 2 N–H and O–H groups in total. The van der Waals surface area contributed by atoms with E-state index < -0.39 is 30.4 Å². The molecule has 0 saturated heterocycles. The van der Waals surface area contributed by atoms with Gasteiger partial charge in [-0.15, -0.1) is 0 Å². The van der Waals surface area contributed by atoms with Crippen LogP contribution in [0.3, 0.4) is 0 Å². The molecule has 1 aromatic carbocycles. The number of carbonyl (C=O) groups is 2. The minimum Gasteiger partial charge on any atom is -0.483 e. The highest BCUT2D eigenvalue weighted by molar-refractivity contribution is 5.88. The van der Waals surface area contributed by atoms with Crippen LogP contribution in [0.25, 0.3) is 0 Å². The molecular weight excluding hydrogens is 262 g/mol. The standard InChI is InChI=1S/C12H10F2O5/c13-10(14)9-7(12(17)18)4-6-3-5(11(15)16)1-2-8(6)19-9/h1-3,7,9-10H,4H2,(H,15,16)(H,17,18). The second-order valence-electron chi connectivity index (χ2n) is 4.19. The summed E-state index contributed by atoms with van der Waals surface area (Å²) in [6, 6.07) is 3.74. The number of halogens is 2. The van der Waals surface area contributed by atoms with Crippen LogP contribution in [0.4, 0.5) is 8.78 Å². The van der Waals surface area contributed by atoms with Gasteiger partial charge in [0, 0.05) is 0 Å². The molecule has 19 heavy (non-hydrogen) atoms. The number of fused-ring (bicyclic) bond motifs is 1. The Morgan fingerprint density at radius 2 is 2.00 bits per heavy atom. The van der Waals surface area contributed by atoms with Gasteiger partial charge in [0.1, 0.15) is 11.7 Å². The van der Waals surface area contributed by atoms with E-state index in [4.69, 9.17) is 14.9 Å². The fourth-order valence-corrected chi connectivity index (χ4v) is 2.02. The van der Waals surface area contributed by atoms with Gasteiger partial charge in [-0.1, -0.05) is 0 Å². The van der Waals surface area contributed by atoms with E-state index in [2.05, 4.69) is 0 Å². The Morgan fingerprint density at radius 3 is 2.53 bits per heavy atom. The first-order valence-electron chi connectivity index (χ1n) is 5.44. The molecular formula is C12H10F2O5. The van der Waals surface area contributed by atoms with Gasteiger partial charge in [-0.2, -0.15) is 0 Å². The van der Waals surface area contributed by atoms with Crippen molar-refractivity contribution in [3.63, 3.8) is 0 Å². The van der Waals surface area contributed by atoms with Crippen LogP contribution in [0.5, 0.6) is 5.75 Å². The Hall–Kier alpha value is -2.18. The number of aliphatic carboxylic acids is 1. The minimum atomic E-state index is -2.92. The van der Waals surface area contributed by atoms with E-state index in [0.717, 1.165) is 0 Å². The molecule has 0 saturated carbocycles. The van der Waals surface area contributed by atoms with Gasteiger partial charge in [0.2, 0.25) is 0 Å². The van der Waals surface area contributed by atoms with Gasteiger partial charge in [-0.3, -0.25) is 4.79 Å². The normalized spacial score (nSPS) is 21.6. The molecule has 7 heteroatoms. The van der Waals surface area contributed by atoms with E-state index >= 15 is 0 Å². The van der Waals surface area contributed by atoms with Crippen molar-refractivity contribution in [2.75, 3.05) is 0 Å². The number of hydrogen-bond acceptors (Lipinski definition) is 3. The second kappa shape index (κ2) is 4.83. The van der Waals surface area contributed by atoms with Crippen LogP contribution in [-0.2, 0) is 11.2 Å². The van der Waals surface area contributed by atoms with Crippen LogP contribution >= 0.6 is 0 Å². The maximum atomic E-state index is 12.7. The van der Waals surface area contributed by atoms with Crippen LogP contribution in [-0.4, -0.2) is 34.7 Å². The largest absolute Gasteiger partial charge is 0.483 e. The molecule has 1 aliphatic rings. The van der Waals surface area contributed by atoms with Crippen molar-refractivity contribution < 1.29 is 33.3 Å². The number of carboxylic acid groups (broad SMARTS) is 2. The van der Waals surface area contributed by atoms with Gasteiger partial charge in [-0.25, -0.2) is 13.6 Å². The molecule has 0 amide bonds. The van der Waals surface area contributed by atoms with Gasteiger partial charge in [0.15, 0.2) is 6.10 Å². The van der Waals surface area contributed by atoms with Gasteiger partial charge in [0.05, 0.1) is 5.56 Å². The SMILES string of the molecule is O=C(O)c1ccc2c(c1)CC(C(=O)O)C(C(F)F)O2. The van der Waals surface area contributed by atoms with Gasteiger partial charge < -0.3 is 14.9 Å². The number of benzene rings is 1. The summed E-state index contributed by atoms with van der Waals surface area (Å²) in [7, 11) is 0. The predicted octanol–water partition coefficient (Wildman–Crippen LogP) is 1.65. The molecule has 2 atom stereocenters. The number of aromatic carboxylic acids is 1. The minimum absolute atomic E-state index is 0.0398.